The van der Waals surface area contributed by atoms with E-state index in [4.69, 9.17) is 0 Å². The third kappa shape index (κ3) is 5.06. The predicted octanol–water partition coefficient (Wildman–Crippen LogP) is 13.2. The van der Waals surface area contributed by atoms with E-state index in [1.807, 2.05) is 0 Å². The fraction of sp³-hybridized carbons (Fsp3) is 0.0213. The number of benzene rings is 9. The van der Waals surface area contributed by atoms with Gasteiger partial charge in [-0.15, -0.1) is 0 Å². The van der Waals surface area contributed by atoms with E-state index in [1.54, 1.807) is 0 Å². The minimum atomic E-state index is 1.12. The van der Waals surface area contributed by atoms with Crippen LogP contribution in [0.5, 0.6) is 0 Å². The molecule has 0 radical (unpaired) electrons. The van der Waals surface area contributed by atoms with E-state index >= 15 is 0 Å². The van der Waals surface area contributed by atoms with Crippen molar-refractivity contribution in [2.75, 3.05) is 16.8 Å². The van der Waals surface area contributed by atoms with Crippen LogP contribution in [0.3, 0.4) is 0 Å². The second-order valence-corrected chi connectivity index (χ2v) is 12.7. The van der Waals surface area contributed by atoms with Gasteiger partial charge in [-0.05, 0) is 81.2 Å². The fourth-order valence-electron chi connectivity index (χ4n) is 7.37. The molecule has 9 aromatic carbocycles. The Kier molecular flexibility index (Phi) is 7.06. The Hall–Kier alpha value is -6.38. The molecule has 9 aromatic rings. The summed E-state index contributed by atoms with van der Waals surface area (Å²) in [7, 11) is 2.17. The van der Waals surface area contributed by atoms with E-state index in [0.717, 1.165) is 17.1 Å². The smallest absolute Gasteiger partial charge is 0.0619 e. The highest BCUT2D eigenvalue weighted by Crippen LogP contribution is 2.49. The minimum Gasteiger partial charge on any atom is -0.344 e. The predicted molar refractivity (Wildman–Crippen MR) is 211 cm³/mol. The van der Waals surface area contributed by atoms with Crippen LogP contribution in [-0.2, 0) is 0 Å². The maximum Gasteiger partial charge on any atom is 0.0619 e. The van der Waals surface area contributed by atoms with Gasteiger partial charge in [-0.1, -0.05) is 140 Å². The molecular weight excluding hydrogens is 593 g/mol. The topological polar surface area (TPSA) is 6.48 Å². The molecule has 2 nitrogen and oxygen atoms in total. The van der Waals surface area contributed by atoms with Crippen LogP contribution in [0.1, 0.15) is 0 Å². The Morgan fingerprint density at radius 3 is 1.35 bits per heavy atom. The molecule has 0 N–H and O–H groups in total. The molecule has 0 saturated heterocycles. The summed E-state index contributed by atoms with van der Waals surface area (Å²) < 4.78 is 0. The molecule has 0 aliphatic rings. The van der Waals surface area contributed by atoms with Crippen molar-refractivity contribution in [2.24, 2.45) is 0 Å². The Bertz CT molecular complexity index is 2570. The zero-order chi connectivity index (χ0) is 32.7. The summed E-state index contributed by atoms with van der Waals surface area (Å²) in [5, 5.41) is 9.78. The first kappa shape index (κ1) is 28.8. The number of rotatable bonds is 6. The Morgan fingerprint density at radius 1 is 0.306 bits per heavy atom. The van der Waals surface area contributed by atoms with Crippen LogP contribution in [0, 0.1) is 0 Å². The zero-order valence-electron chi connectivity index (χ0n) is 27.3. The van der Waals surface area contributed by atoms with Crippen LogP contribution in [0.15, 0.2) is 188 Å². The van der Waals surface area contributed by atoms with Crippen LogP contribution in [-0.4, -0.2) is 7.05 Å². The Morgan fingerprint density at radius 2 is 0.735 bits per heavy atom. The number of para-hydroxylation sites is 2. The summed E-state index contributed by atoms with van der Waals surface area (Å²) in [6.45, 7) is 0. The maximum atomic E-state index is 2.44. The van der Waals surface area contributed by atoms with Crippen LogP contribution >= 0.6 is 0 Å². The average Bonchev–Trinajstić information content (AvgIpc) is 3.18. The van der Waals surface area contributed by atoms with E-state index < -0.39 is 0 Å². The molecule has 0 saturated carbocycles. The van der Waals surface area contributed by atoms with Crippen molar-refractivity contribution in [3.05, 3.63) is 188 Å². The minimum absolute atomic E-state index is 1.12. The number of fused-ring (bicyclic) bond motifs is 4. The van der Waals surface area contributed by atoms with Gasteiger partial charge in [0.05, 0.1) is 11.4 Å². The zero-order valence-corrected chi connectivity index (χ0v) is 27.3. The summed E-state index contributed by atoms with van der Waals surface area (Å²) in [5.41, 5.74) is 8.23. The Labute approximate surface area is 286 Å². The van der Waals surface area contributed by atoms with E-state index in [1.165, 1.54) is 65.6 Å². The van der Waals surface area contributed by atoms with E-state index in [2.05, 4.69) is 205 Å². The van der Waals surface area contributed by atoms with Crippen molar-refractivity contribution in [3.63, 3.8) is 0 Å². The molecule has 0 spiro atoms. The van der Waals surface area contributed by atoms with Gasteiger partial charge in [0.2, 0.25) is 0 Å². The van der Waals surface area contributed by atoms with Crippen molar-refractivity contribution < 1.29 is 0 Å². The van der Waals surface area contributed by atoms with Gasteiger partial charge < -0.3 is 9.80 Å². The molecule has 9 rings (SSSR count). The van der Waals surface area contributed by atoms with Crippen molar-refractivity contribution in [1.82, 2.24) is 0 Å². The average molecular weight is 627 g/mol. The van der Waals surface area contributed by atoms with E-state index in [-0.39, 0.29) is 0 Å². The molecule has 0 bridgehead atoms. The summed E-state index contributed by atoms with van der Waals surface area (Å²) in [4.78, 5) is 4.76. The van der Waals surface area contributed by atoms with Crippen molar-refractivity contribution >= 4 is 71.5 Å². The maximum absolute atomic E-state index is 2.44. The van der Waals surface area contributed by atoms with Gasteiger partial charge in [-0.2, -0.15) is 0 Å². The fourth-order valence-corrected chi connectivity index (χ4v) is 7.37. The quantitative estimate of drug-likeness (QED) is 0.134. The number of hydrogen-bond donors (Lipinski definition) is 0. The van der Waals surface area contributed by atoms with Crippen molar-refractivity contribution in [1.29, 1.82) is 0 Å². The lowest BCUT2D eigenvalue weighted by atomic mass is 9.95. The lowest BCUT2D eigenvalue weighted by molar-refractivity contribution is 1.23. The van der Waals surface area contributed by atoms with Crippen LogP contribution in [0.4, 0.5) is 28.4 Å². The second-order valence-electron chi connectivity index (χ2n) is 12.7. The van der Waals surface area contributed by atoms with Gasteiger partial charge in [0, 0.05) is 45.7 Å². The monoisotopic (exact) mass is 626 g/mol. The van der Waals surface area contributed by atoms with Gasteiger partial charge in [0.15, 0.2) is 0 Å². The molecule has 0 unspecified atom stereocenters. The SMILES string of the molecule is CN(c1ccccc1)c1c2ccccc2c(N(c2ccccc2)c2ccc3cc(-c4ccc5ccccc5c4)ccc3c2)c2ccccc12. The normalized spacial score (nSPS) is 11.4. The van der Waals surface area contributed by atoms with Crippen LogP contribution < -0.4 is 9.80 Å². The second kappa shape index (κ2) is 12.0. The molecule has 2 heteroatoms. The third-order valence-electron chi connectivity index (χ3n) is 9.76. The van der Waals surface area contributed by atoms with Gasteiger partial charge in [-0.3, -0.25) is 0 Å². The summed E-state index contributed by atoms with van der Waals surface area (Å²) in [5.74, 6) is 0. The first-order chi connectivity index (χ1) is 24.2. The lowest BCUT2D eigenvalue weighted by Gasteiger charge is -2.31. The molecule has 0 atom stereocenters. The van der Waals surface area contributed by atoms with Gasteiger partial charge in [-0.25, -0.2) is 0 Å². The molecule has 232 valence electrons. The number of hydrogen-bond acceptors (Lipinski definition) is 2. The van der Waals surface area contributed by atoms with Crippen molar-refractivity contribution in [2.45, 2.75) is 0 Å². The molecule has 0 amide bonds. The highest BCUT2D eigenvalue weighted by atomic mass is 15.2. The van der Waals surface area contributed by atoms with Gasteiger partial charge >= 0.3 is 0 Å². The van der Waals surface area contributed by atoms with Crippen LogP contribution in [0.2, 0.25) is 0 Å². The summed E-state index contributed by atoms with van der Waals surface area (Å²) >= 11 is 0. The molecule has 0 aliphatic heterocycles. The first-order valence-electron chi connectivity index (χ1n) is 16.8. The molecule has 0 aliphatic carbocycles. The first-order valence-corrected chi connectivity index (χ1v) is 16.8. The molecule has 49 heavy (non-hydrogen) atoms. The molecule has 0 aromatic heterocycles. The largest absolute Gasteiger partial charge is 0.344 e. The number of anilines is 5. The summed E-state index contributed by atoms with van der Waals surface area (Å²) in [6.07, 6.45) is 0. The number of nitrogens with zero attached hydrogens (tertiary/aromatic N) is 2. The molecular formula is C47H34N2. The van der Waals surface area contributed by atoms with Crippen LogP contribution in [0.25, 0.3) is 54.2 Å². The third-order valence-corrected chi connectivity index (χ3v) is 9.76. The van der Waals surface area contributed by atoms with E-state index in [9.17, 15) is 0 Å². The van der Waals surface area contributed by atoms with Gasteiger partial charge in [0.25, 0.3) is 0 Å². The standard InChI is InChI=1S/C47H34N2/c1-48(39-16-4-2-5-17-39)46-42-20-10-12-22-44(42)47(45-23-13-11-21-43(45)46)49(40-18-6-3-7-19-40)41-29-28-37-31-36(26-27-38(37)32-41)35-25-24-33-14-8-9-15-34(33)30-35/h2-32H,1H3. The molecule has 0 fully saturated rings. The van der Waals surface area contributed by atoms with Crippen molar-refractivity contribution in [3.8, 4) is 11.1 Å². The molecule has 0 heterocycles. The van der Waals surface area contributed by atoms with E-state index in [0.29, 0.717) is 0 Å². The Balaban J connectivity index is 1.25. The lowest BCUT2D eigenvalue weighted by Crippen LogP contribution is -2.14. The van der Waals surface area contributed by atoms with Gasteiger partial charge in [0.1, 0.15) is 0 Å². The highest BCUT2D eigenvalue weighted by Gasteiger charge is 2.23. The summed E-state index contributed by atoms with van der Waals surface area (Å²) in [6, 6.07) is 68.1. The highest BCUT2D eigenvalue weighted by molar-refractivity contribution is 6.22.